The fourth-order valence-corrected chi connectivity index (χ4v) is 3.80. The topological polar surface area (TPSA) is 64.4 Å². The Hall–Kier alpha value is -3.12. The number of rotatable bonds is 7. The predicted molar refractivity (Wildman–Crippen MR) is 127 cm³/mol. The second-order valence-corrected chi connectivity index (χ2v) is 8.06. The standard InChI is InChI=1S/C25H23BrN2O3/c1-3-12-30-20-7-5-6-18(15-20)24(29)27-19-10-8-17(9-11-19)25-28-22-14-16(4-2)13-21(26)23(22)31-25/h5-11,13-15H,3-4,12H2,1-2H3,(H,27,29). The van der Waals surface area contributed by atoms with Crippen LogP contribution in [0, 0.1) is 0 Å². The van der Waals surface area contributed by atoms with Crippen LogP contribution in [0.25, 0.3) is 22.6 Å². The molecule has 4 aromatic rings. The minimum absolute atomic E-state index is 0.187. The zero-order valence-corrected chi connectivity index (χ0v) is 19.0. The summed E-state index contributed by atoms with van der Waals surface area (Å²) in [6.07, 6.45) is 1.85. The fourth-order valence-electron chi connectivity index (χ4n) is 3.22. The molecule has 6 heteroatoms. The molecule has 0 fully saturated rings. The summed E-state index contributed by atoms with van der Waals surface area (Å²) in [5.41, 5.74) is 4.83. The quantitative estimate of drug-likeness (QED) is 0.315. The van der Waals surface area contributed by atoms with E-state index < -0.39 is 0 Å². The number of aryl methyl sites for hydroxylation is 1. The highest BCUT2D eigenvalue weighted by Crippen LogP contribution is 2.31. The zero-order chi connectivity index (χ0) is 21.8. The van der Waals surface area contributed by atoms with Gasteiger partial charge in [0.05, 0.1) is 11.1 Å². The van der Waals surface area contributed by atoms with E-state index in [4.69, 9.17) is 9.15 Å². The van der Waals surface area contributed by atoms with Gasteiger partial charge < -0.3 is 14.5 Å². The minimum Gasteiger partial charge on any atom is -0.494 e. The van der Waals surface area contributed by atoms with E-state index in [2.05, 4.69) is 39.2 Å². The Bertz CT molecular complexity index is 1220. The second-order valence-electron chi connectivity index (χ2n) is 7.21. The first kappa shape index (κ1) is 21.1. The van der Waals surface area contributed by atoms with Crippen LogP contribution in [0.3, 0.4) is 0 Å². The monoisotopic (exact) mass is 478 g/mol. The molecule has 0 aliphatic carbocycles. The summed E-state index contributed by atoms with van der Waals surface area (Å²) < 4.78 is 12.5. The third-order valence-electron chi connectivity index (χ3n) is 4.87. The molecule has 0 radical (unpaired) electrons. The van der Waals surface area contributed by atoms with E-state index >= 15 is 0 Å². The number of nitrogens with one attached hydrogen (secondary N) is 1. The van der Waals surface area contributed by atoms with E-state index in [1.54, 1.807) is 12.1 Å². The van der Waals surface area contributed by atoms with Gasteiger partial charge in [-0.05, 0) is 88.9 Å². The molecule has 1 amide bonds. The molecule has 158 valence electrons. The lowest BCUT2D eigenvalue weighted by Gasteiger charge is -2.08. The maximum absolute atomic E-state index is 12.6. The summed E-state index contributed by atoms with van der Waals surface area (Å²) in [4.78, 5) is 17.2. The average molecular weight is 479 g/mol. The summed E-state index contributed by atoms with van der Waals surface area (Å²) in [7, 11) is 0. The highest BCUT2D eigenvalue weighted by Gasteiger charge is 2.13. The van der Waals surface area contributed by atoms with E-state index in [9.17, 15) is 4.79 Å². The summed E-state index contributed by atoms with van der Waals surface area (Å²) >= 11 is 3.56. The maximum atomic E-state index is 12.6. The average Bonchev–Trinajstić information content (AvgIpc) is 3.23. The molecule has 4 rings (SSSR count). The molecule has 0 aliphatic heterocycles. The van der Waals surface area contributed by atoms with Crippen molar-refractivity contribution in [2.75, 3.05) is 11.9 Å². The Balaban J connectivity index is 1.50. The van der Waals surface area contributed by atoms with Crippen LogP contribution in [0.1, 0.15) is 36.2 Å². The first-order chi connectivity index (χ1) is 15.1. The largest absolute Gasteiger partial charge is 0.494 e. The molecule has 0 saturated carbocycles. The lowest BCUT2D eigenvalue weighted by Crippen LogP contribution is -2.12. The number of amides is 1. The number of carbonyl (C=O) groups excluding carboxylic acids is 1. The number of hydrogen-bond acceptors (Lipinski definition) is 4. The smallest absolute Gasteiger partial charge is 0.255 e. The molecule has 31 heavy (non-hydrogen) atoms. The Morgan fingerprint density at radius 2 is 1.90 bits per heavy atom. The van der Waals surface area contributed by atoms with Crippen LogP contribution < -0.4 is 10.1 Å². The molecular weight excluding hydrogens is 456 g/mol. The minimum atomic E-state index is -0.187. The van der Waals surface area contributed by atoms with E-state index in [-0.39, 0.29) is 5.91 Å². The van der Waals surface area contributed by atoms with Crippen molar-refractivity contribution in [2.45, 2.75) is 26.7 Å². The van der Waals surface area contributed by atoms with Crippen LogP contribution in [0.15, 0.2) is 69.6 Å². The van der Waals surface area contributed by atoms with Crippen LogP contribution in [0.4, 0.5) is 5.69 Å². The van der Waals surface area contributed by atoms with Crippen LogP contribution in [0.2, 0.25) is 0 Å². The van der Waals surface area contributed by atoms with E-state index in [0.717, 1.165) is 34.0 Å². The molecule has 0 unspecified atom stereocenters. The second kappa shape index (κ2) is 9.35. The lowest BCUT2D eigenvalue weighted by atomic mass is 10.1. The SMILES string of the molecule is CCCOc1cccc(C(=O)Nc2ccc(-c3nc4cc(CC)cc(Br)c4o3)cc2)c1. The Kier molecular flexibility index (Phi) is 6.37. The van der Waals surface area contributed by atoms with Crippen LogP contribution in [0.5, 0.6) is 5.75 Å². The zero-order valence-electron chi connectivity index (χ0n) is 17.4. The Morgan fingerprint density at radius 3 is 2.65 bits per heavy atom. The van der Waals surface area contributed by atoms with Crippen molar-refractivity contribution in [1.82, 2.24) is 4.98 Å². The van der Waals surface area contributed by atoms with Gasteiger partial charge in [0.15, 0.2) is 5.58 Å². The number of benzene rings is 3. The third-order valence-corrected chi connectivity index (χ3v) is 5.46. The van der Waals surface area contributed by atoms with Gasteiger partial charge >= 0.3 is 0 Å². The summed E-state index contributed by atoms with van der Waals surface area (Å²) in [5, 5.41) is 2.92. The van der Waals surface area contributed by atoms with Crippen molar-refractivity contribution in [2.24, 2.45) is 0 Å². The highest BCUT2D eigenvalue weighted by molar-refractivity contribution is 9.10. The van der Waals surface area contributed by atoms with Crippen molar-refractivity contribution < 1.29 is 13.9 Å². The number of aromatic nitrogens is 1. The van der Waals surface area contributed by atoms with Crippen molar-refractivity contribution in [3.8, 4) is 17.2 Å². The summed E-state index contributed by atoms with van der Waals surface area (Å²) in [6, 6.07) is 18.7. The number of fused-ring (bicyclic) bond motifs is 1. The molecular formula is C25H23BrN2O3. The molecule has 0 aliphatic rings. The molecule has 3 aromatic carbocycles. The van der Waals surface area contributed by atoms with E-state index in [1.165, 1.54) is 5.56 Å². The van der Waals surface area contributed by atoms with Gasteiger partial charge in [0.25, 0.3) is 5.91 Å². The van der Waals surface area contributed by atoms with Crippen molar-refractivity contribution in [3.05, 3.63) is 76.3 Å². The number of anilines is 1. The van der Waals surface area contributed by atoms with Gasteiger partial charge in [-0.25, -0.2) is 4.98 Å². The van der Waals surface area contributed by atoms with E-state index in [0.29, 0.717) is 29.5 Å². The number of halogens is 1. The molecule has 0 saturated heterocycles. The molecule has 0 atom stereocenters. The van der Waals surface area contributed by atoms with Gasteiger partial charge in [-0.1, -0.05) is 19.9 Å². The molecule has 1 aromatic heterocycles. The van der Waals surface area contributed by atoms with Crippen molar-refractivity contribution in [3.63, 3.8) is 0 Å². The normalized spacial score (nSPS) is 10.9. The predicted octanol–water partition coefficient (Wildman–Crippen LogP) is 6.86. The van der Waals surface area contributed by atoms with Crippen LogP contribution in [-0.2, 0) is 6.42 Å². The van der Waals surface area contributed by atoms with Gasteiger partial charge in [-0.15, -0.1) is 0 Å². The first-order valence-electron chi connectivity index (χ1n) is 10.3. The fraction of sp³-hybridized carbons (Fsp3) is 0.200. The van der Waals surface area contributed by atoms with E-state index in [1.807, 2.05) is 49.4 Å². The van der Waals surface area contributed by atoms with Crippen LogP contribution in [-0.4, -0.2) is 17.5 Å². The van der Waals surface area contributed by atoms with Crippen LogP contribution >= 0.6 is 15.9 Å². The van der Waals surface area contributed by atoms with Gasteiger partial charge in [0, 0.05) is 16.8 Å². The lowest BCUT2D eigenvalue weighted by molar-refractivity contribution is 0.102. The number of ether oxygens (including phenoxy) is 1. The Morgan fingerprint density at radius 1 is 1.10 bits per heavy atom. The maximum Gasteiger partial charge on any atom is 0.255 e. The third kappa shape index (κ3) is 4.80. The van der Waals surface area contributed by atoms with Gasteiger partial charge in [-0.2, -0.15) is 0 Å². The van der Waals surface area contributed by atoms with Gasteiger partial charge in [0.1, 0.15) is 11.3 Å². The first-order valence-corrected chi connectivity index (χ1v) is 11.1. The number of hydrogen-bond donors (Lipinski definition) is 1. The van der Waals surface area contributed by atoms with Gasteiger partial charge in [-0.3, -0.25) is 4.79 Å². The summed E-state index contributed by atoms with van der Waals surface area (Å²) in [5.74, 6) is 1.05. The molecule has 0 spiro atoms. The van der Waals surface area contributed by atoms with Crippen molar-refractivity contribution >= 4 is 38.6 Å². The number of nitrogens with zero attached hydrogens (tertiary/aromatic N) is 1. The van der Waals surface area contributed by atoms with Gasteiger partial charge in [0.2, 0.25) is 5.89 Å². The molecule has 1 N–H and O–H groups in total. The van der Waals surface area contributed by atoms with Crippen molar-refractivity contribution in [1.29, 1.82) is 0 Å². The number of carbonyl (C=O) groups is 1. The Labute approximate surface area is 189 Å². The molecule has 5 nitrogen and oxygen atoms in total. The number of oxazole rings is 1. The molecule has 1 heterocycles. The summed E-state index contributed by atoms with van der Waals surface area (Å²) in [6.45, 7) is 4.77. The molecule has 0 bridgehead atoms. The highest BCUT2D eigenvalue weighted by atomic mass is 79.9.